The van der Waals surface area contributed by atoms with Crippen LogP contribution in [0.2, 0.25) is 0 Å². The van der Waals surface area contributed by atoms with Gasteiger partial charge in [-0.1, -0.05) is 5.16 Å². The second kappa shape index (κ2) is 6.19. The second-order valence-corrected chi connectivity index (χ2v) is 3.96. The molecule has 19 heavy (non-hydrogen) atoms. The number of ether oxygens (including phenoxy) is 2. The van der Waals surface area contributed by atoms with Crippen LogP contribution in [0.15, 0.2) is 28.9 Å². The molecule has 6 heteroatoms. The second-order valence-electron chi connectivity index (χ2n) is 3.96. The molecule has 0 aliphatic rings. The van der Waals surface area contributed by atoms with Crippen molar-refractivity contribution in [3.63, 3.8) is 0 Å². The fraction of sp³-hybridized carbons (Fsp3) is 0.385. The smallest absolute Gasteiger partial charge is 0.354 e. The first-order valence-electron chi connectivity index (χ1n) is 6.00. The van der Waals surface area contributed by atoms with Gasteiger partial charge >= 0.3 is 5.97 Å². The molecular formula is C13H16N2O4. The van der Waals surface area contributed by atoms with Crippen LogP contribution in [0.5, 0.6) is 0 Å². The van der Waals surface area contributed by atoms with Crippen LogP contribution in [-0.4, -0.2) is 29.4 Å². The predicted octanol–water partition coefficient (Wildman–Crippen LogP) is 1.85. The van der Waals surface area contributed by atoms with Gasteiger partial charge in [0.15, 0.2) is 5.76 Å². The van der Waals surface area contributed by atoms with E-state index in [1.54, 1.807) is 43.0 Å². The lowest BCUT2D eigenvalue weighted by Gasteiger charge is -2.06. The maximum atomic E-state index is 11.7. The summed E-state index contributed by atoms with van der Waals surface area (Å²) in [5, 5.41) is 3.93. The topological polar surface area (TPSA) is 66.5 Å². The van der Waals surface area contributed by atoms with E-state index in [-0.39, 0.29) is 5.97 Å². The zero-order valence-electron chi connectivity index (χ0n) is 11.0. The highest BCUT2D eigenvalue weighted by molar-refractivity contribution is 5.87. The van der Waals surface area contributed by atoms with E-state index < -0.39 is 0 Å². The van der Waals surface area contributed by atoms with Crippen molar-refractivity contribution in [3.05, 3.63) is 41.5 Å². The van der Waals surface area contributed by atoms with Crippen LogP contribution in [0, 0.1) is 0 Å². The van der Waals surface area contributed by atoms with Crippen LogP contribution in [0.25, 0.3) is 0 Å². The number of rotatable bonds is 6. The average molecular weight is 264 g/mol. The van der Waals surface area contributed by atoms with Crippen molar-refractivity contribution >= 4 is 5.97 Å². The summed E-state index contributed by atoms with van der Waals surface area (Å²) in [4.78, 5) is 11.7. The summed E-state index contributed by atoms with van der Waals surface area (Å²) in [6, 6.07) is 5.31. The van der Waals surface area contributed by atoms with E-state index in [1.165, 1.54) is 0 Å². The molecular weight excluding hydrogens is 248 g/mol. The number of carbonyl (C=O) groups is 1. The summed E-state index contributed by atoms with van der Waals surface area (Å²) < 4.78 is 16.8. The monoisotopic (exact) mass is 264 g/mol. The van der Waals surface area contributed by atoms with Gasteiger partial charge in [0.05, 0.1) is 13.2 Å². The van der Waals surface area contributed by atoms with E-state index in [0.717, 1.165) is 5.69 Å². The van der Waals surface area contributed by atoms with Gasteiger partial charge in [-0.15, -0.1) is 0 Å². The first-order valence-corrected chi connectivity index (χ1v) is 6.00. The molecule has 102 valence electrons. The Hall–Kier alpha value is -2.08. The molecule has 0 N–H and O–H groups in total. The Morgan fingerprint density at radius 3 is 3.11 bits per heavy atom. The van der Waals surface area contributed by atoms with Gasteiger partial charge < -0.3 is 18.6 Å². The molecule has 0 aliphatic heterocycles. The van der Waals surface area contributed by atoms with Gasteiger partial charge in [-0.25, -0.2) is 4.79 Å². The summed E-state index contributed by atoms with van der Waals surface area (Å²) in [5.41, 5.74) is 1.23. The van der Waals surface area contributed by atoms with Crippen molar-refractivity contribution in [1.82, 2.24) is 9.72 Å². The van der Waals surface area contributed by atoms with Crippen molar-refractivity contribution in [2.24, 2.45) is 0 Å². The van der Waals surface area contributed by atoms with Gasteiger partial charge in [0.1, 0.15) is 18.0 Å². The first kappa shape index (κ1) is 13.4. The van der Waals surface area contributed by atoms with Crippen LogP contribution < -0.4 is 0 Å². The highest BCUT2D eigenvalue weighted by Crippen LogP contribution is 2.10. The Morgan fingerprint density at radius 2 is 2.37 bits per heavy atom. The molecule has 2 aromatic heterocycles. The van der Waals surface area contributed by atoms with Crippen LogP contribution in [0.1, 0.15) is 28.9 Å². The molecule has 0 aromatic carbocycles. The minimum Gasteiger partial charge on any atom is -0.461 e. The Morgan fingerprint density at radius 1 is 1.53 bits per heavy atom. The third-order valence-electron chi connectivity index (χ3n) is 2.54. The van der Waals surface area contributed by atoms with Crippen LogP contribution >= 0.6 is 0 Å². The number of aromatic nitrogens is 2. The standard InChI is InChI=1S/C13H16N2O4/c1-3-18-13(16)12-5-4-6-15(12)8-10-7-11(9-17-2)19-14-10/h4-7H,3,8-9H2,1-2H3. The van der Waals surface area contributed by atoms with Gasteiger partial charge in [-0.3, -0.25) is 0 Å². The fourth-order valence-corrected chi connectivity index (χ4v) is 1.76. The van der Waals surface area contributed by atoms with E-state index >= 15 is 0 Å². The fourth-order valence-electron chi connectivity index (χ4n) is 1.76. The highest BCUT2D eigenvalue weighted by atomic mass is 16.5. The van der Waals surface area contributed by atoms with Gasteiger partial charge in [0, 0.05) is 19.4 Å². The van der Waals surface area contributed by atoms with Gasteiger partial charge in [0.2, 0.25) is 0 Å². The molecule has 0 amide bonds. The third-order valence-corrected chi connectivity index (χ3v) is 2.54. The number of nitrogens with zero attached hydrogens (tertiary/aromatic N) is 2. The van der Waals surface area contributed by atoms with Crippen molar-refractivity contribution in [1.29, 1.82) is 0 Å². The summed E-state index contributed by atoms with van der Waals surface area (Å²) in [7, 11) is 1.59. The summed E-state index contributed by atoms with van der Waals surface area (Å²) in [6.07, 6.45) is 1.80. The lowest BCUT2D eigenvalue weighted by molar-refractivity contribution is 0.0514. The van der Waals surface area contributed by atoms with Gasteiger partial charge in [-0.05, 0) is 19.1 Å². The molecule has 0 aliphatic carbocycles. The van der Waals surface area contributed by atoms with Crippen molar-refractivity contribution in [3.8, 4) is 0 Å². The molecule has 0 saturated heterocycles. The number of methoxy groups -OCH3 is 1. The minimum atomic E-state index is -0.340. The van der Waals surface area contributed by atoms with Crippen molar-refractivity contribution in [2.75, 3.05) is 13.7 Å². The molecule has 2 heterocycles. The Labute approximate surface area is 110 Å². The molecule has 0 bridgehead atoms. The number of carbonyl (C=O) groups excluding carboxylic acids is 1. The molecule has 2 rings (SSSR count). The largest absolute Gasteiger partial charge is 0.461 e. The summed E-state index contributed by atoms with van der Waals surface area (Å²) in [5.74, 6) is 0.315. The minimum absolute atomic E-state index is 0.340. The average Bonchev–Trinajstić information content (AvgIpc) is 3.00. The summed E-state index contributed by atoms with van der Waals surface area (Å²) in [6.45, 7) is 2.96. The Bertz CT molecular complexity index is 544. The molecule has 0 atom stereocenters. The molecule has 0 spiro atoms. The first-order chi connectivity index (χ1) is 9.24. The lowest BCUT2D eigenvalue weighted by atomic mass is 10.3. The van der Waals surface area contributed by atoms with E-state index in [4.69, 9.17) is 14.0 Å². The van der Waals surface area contributed by atoms with Gasteiger partial charge in [0.25, 0.3) is 0 Å². The maximum Gasteiger partial charge on any atom is 0.354 e. The molecule has 2 aromatic rings. The zero-order chi connectivity index (χ0) is 13.7. The molecule has 6 nitrogen and oxygen atoms in total. The lowest BCUT2D eigenvalue weighted by Crippen LogP contribution is -2.12. The van der Waals surface area contributed by atoms with E-state index in [1.807, 2.05) is 0 Å². The molecule has 0 fully saturated rings. The van der Waals surface area contributed by atoms with E-state index in [9.17, 15) is 4.79 Å². The van der Waals surface area contributed by atoms with Gasteiger partial charge in [-0.2, -0.15) is 0 Å². The van der Waals surface area contributed by atoms with Crippen LogP contribution in [0.4, 0.5) is 0 Å². The predicted molar refractivity (Wildman–Crippen MR) is 66.7 cm³/mol. The maximum absolute atomic E-state index is 11.7. The Balaban J connectivity index is 2.10. The Kier molecular flexibility index (Phi) is 4.35. The quantitative estimate of drug-likeness (QED) is 0.745. The van der Waals surface area contributed by atoms with E-state index in [2.05, 4.69) is 5.16 Å². The molecule has 0 radical (unpaired) electrons. The third kappa shape index (κ3) is 3.23. The number of esters is 1. The normalized spacial score (nSPS) is 10.6. The summed E-state index contributed by atoms with van der Waals surface area (Å²) >= 11 is 0. The number of hydrogen-bond acceptors (Lipinski definition) is 5. The van der Waals surface area contributed by atoms with E-state index in [0.29, 0.717) is 31.2 Å². The number of hydrogen-bond donors (Lipinski definition) is 0. The van der Waals surface area contributed by atoms with Crippen LogP contribution in [-0.2, 0) is 22.6 Å². The van der Waals surface area contributed by atoms with Crippen LogP contribution in [0.3, 0.4) is 0 Å². The highest BCUT2D eigenvalue weighted by Gasteiger charge is 2.13. The SMILES string of the molecule is CCOC(=O)c1cccn1Cc1cc(COC)on1. The zero-order valence-corrected chi connectivity index (χ0v) is 11.0. The van der Waals surface area contributed by atoms with Crippen molar-refractivity contribution < 1.29 is 18.8 Å². The molecule has 0 saturated carbocycles. The van der Waals surface area contributed by atoms with Crippen molar-refractivity contribution in [2.45, 2.75) is 20.1 Å². The molecule has 0 unspecified atom stereocenters.